The molecule has 0 spiro atoms. The van der Waals surface area contributed by atoms with Crippen LogP contribution in [0.3, 0.4) is 0 Å². The standard InChI is InChI=1S/C33H33ClN2O3/c1-21(33(38)39)23-8-6-22(7-9-23)20-30(32(37)36-27-16-14-26(34)15-17-27)25-12-10-24(11-13-25)28-18-19-35-31-5-3-2-4-29(28)31/h2-9,14-19,21,24-25,30H,10-13,20H2,1H3,(H,36,37)(H,38,39)/t21-,24?,25?,30?/m0/s1. The van der Waals surface area contributed by atoms with Gasteiger partial charge in [0.15, 0.2) is 0 Å². The molecule has 2 atom stereocenters. The molecule has 1 amide bonds. The average Bonchev–Trinajstić information content (AvgIpc) is 2.97. The van der Waals surface area contributed by atoms with Gasteiger partial charge in [0, 0.05) is 28.2 Å². The van der Waals surface area contributed by atoms with Gasteiger partial charge in [-0.15, -0.1) is 0 Å². The molecule has 1 aromatic heterocycles. The van der Waals surface area contributed by atoms with Gasteiger partial charge < -0.3 is 10.4 Å². The molecule has 1 aliphatic rings. The number of carboxylic acids is 1. The summed E-state index contributed by atoms with van der Waals surface area (Å²) in [5.41, 5.74) is 4.91. The van der Waals surface area contributed by atoms with Crippen LogP contribution in [0.2, 0.25) is 5.02 Å². The molecule has 1 fully saturated rings. The Bertz CT molecular complexity index is 1440. The van der Waals surface area contributed by atoms with Gasteiger partial charge in [-0.2, -0.15) is 0 Å². The van der Waals surface area contributed by atoms with Crippen LogP contribution in [0.15, 0.2) is 85.1 Å². The van der Waals surface area contributed by atoms with Crippen molar-refractivity contribution >= 4 is 40.1 Å². The number of nitrogens with one attached hydrogen (secondary N) is 1. The number of anilines is 1. The lowest BCUT2D eigenvalue weighted by Gasteiger charge is -2.34. The van der Waals surface area contributed by atoms with Crippen LogP contribution >= 0.6 is 11.6 Å². The molecule has 4 aromatic rings. The zero-order valence-electron chi connectivity index (χ0n) is 22.0. The van der Waals surface area contributed by atoms with E-state index in [9.17, 15) is 14.7 Å². The van der Waals surface area contributed by atoms with Gasteiger partial charge in [0.05, 0.1) is 11.4 Å². The highest BCUT2D eigenvalue weighted by Gasteiger charge is 2.33. The number of para-hydroxylation sites is 1. The quantitative estimate of drug-likeness (QED) is 0.238. The lowest BCUT2D eigenvalue weighted by atomic mass is 9.71. The SMILES string of the molecule is C[C@H](C(=O)O)c1ccc(CC(C(=O)Nc2ccc(Cl)cc2)C2CCC(c3ccnc4ccccc34)CC2)cc1. The van der Waals surface area contributed by atoms with Gasteiger partial charge in [-0.25, -0.2) is 0 Å². The van der Waals surface area contributed by atoms with Crippen molar-refractivity contribution in [2.24, 2.45) is 11.8 Å². The second-order valence-corrected chi connectivity index (χ2v) is 11.1. The van der Waals surface area contributed by atoms with Crippen LogP contribution in [0.5, 0.6) is 0 Å². The van der Waals surface area contributed by atoms with E-state index in [-0.39, 0.29) is 17.7 Å². The monoisotopic (exact) mass is 540 g/mol. The Kier molecular flexibility index (Phi) is 8.27. The predicted molar refractivity (Wildman–Crippen MR) is 156 cm³/mol. The molecule has 3 aromatic carbocycles. The summed E-state index contributed by atoms with van der Waals surface area (Å²) < 4.78 is 0. The number of benzene rings is 3. The van der Waals surface area contributed by atoms with E-state index in [1.165, 1.54) is 10.9 Å². The maximum atomic E-state index is 13.7. The number of amides is 1. The summed E-state index contributed by atoms with van der Waals surface area (Å²) in [6.07, 6.45) is 6.49. The summed E-state index contributed by atoms with van der Waals surface area (Å²) >= 11 is 6.04. The zero-order valence-corrected chi connectivity index (χ0v) is 22.8. The fourth-order valence-corrected chi connectivity index (χ4v) is 6.01. The Morgan fingerprint density at radius 1 is 0.949 bits per heavy atom. The predicted octanol–water partition coefficient (Wildman–Crippen LogP) is 7.85. The summed E-state index contributed by atoms with van der Waals surface area (Å²) in [6, 6.07) is 25.3. The molecular weight excluding hydrogens is 508 g/mol. The third kappa shape index (κ3) is 6.31. The number of rotatable bonds is 8. The van der Waals surface area contributed by atoms with Gasteiger partial charge >= 0.3 is 5.97 Å². The third-order valence-electron chi connectivity index (χ3n) is 8.22. The highest BCUT2D eigenvalue weighted by Crippen LogP contribution is 2.41. The normalized spacial score (nSPS) is 18.8. The first-order valence-corrected chi connectivity index (χ1v) is 14.0. The van der Waals surface area contributed by atoms with Crippen molar-refractivity contribution in [2.45, 2.75) is 50.9 Å². The Labute approximate surface area is 234 Å². The number of nitrogens with zero attached hydrogens (tertiary/aromatic N) is 1. The molecule has 0 aliphatic heterocycles. The van der Waals surface area contributed by atoms with E-state index in [0.29, 0.717) is 17.4 Å². The highest BCUT2D eigenvalue weighted by atomic mass is 35.5. The molecule has 6 heteroatoms. The molecule has 0 saturated heterocycles. The van der Waals surface area contributed by atoms with Gasteiger partial charge in [0.2, 0.25) is 5.91 Å². The molecular formula is C33H33ClN2O3. The fraction of sp³-hybridized carbons (Fsp3) is 0.303. The molecule has 5 nitrogen and oxygen atoms in total. The van der Waals surface area contributed by atoms with E-state index in [1.807, 2.05) is 48.7 Å². The van der Waals surface area contributed by atoms with Crippen molar-refractivity contribution in [3.8, 4) is 0 Å². The van der Waals surface area contributed by atoms with E-state index in [0.717, 1.165) is 48.0 Å². The Hall–Kier alpha value is -3.70. The molecule has 0 radical (unpaired) electrons. The number of fused-ring (bicyclic) bond motifs is 1. The third-order valence-corrected chi connectivity index (χ3v) is 8.47. The second-order valence-electron chi connectivity index (χ2n) is 10.6. The van der Waals surface area contributed by atoms with Crippen LogP contribution in [0, 0.1) is 11.8 Å². The number of hydrogen-bond acceptors (Lipinski definition) is 3. The number of carbonyl (C=O) groups is 2. The first-order valence-electron chi connectivity index (χ1n) is 13.6. The second kappa shape index (κ2) is 12.0. The fourth-order valence-electron chi connectivity index (χ4n) is 5.89. The topological polar surface area (TPSA) is 79.3 Å². The molecule has 1 saturated carbocycles. The summed E-state index contributed by atoms with van der Waals surface area (Å²) in [7, 11) is 0. The number of carbonyl (C=O) groups excluding carboxylic acids is 1. The van der Waals surface area contributed by atoms with Gasteiger partial charge in [-0.05, 0) is 104 Å². The van der Waals surface area contributed by atoms with Crippen molar-refractivity contribution in [1.82, 2.24) is 4.98 Å². The zero-order chi connectivity index (χ0) is 27.4. The highest BCUT2D eigenvalue weighted by molar-refractivity contribution is 6.30. The van der Waals surface area contributed by atoms with Gasteiger partial charge in [0.25, 0.3) is 0 Å². The smallest absolute Gasteiger partial charge is 0.310 e. The Morgan fingerprint density at radius 2 is 1.64 bits per heavy atom. The molecule has 1 unspecified atom stereocenters. The van der Waals surface area contributed by atoms with Gasteiger partial charge in [0.1, 0.15) is 0 Å². The van der Waals surface area contributed by atoms with Crippen LogP contribution in [0.4, 0.5) is 5.69 Å². The minimum atomic E-state index is -0.846. The minimum absolute atomic E-state index is 0.0121. The summed E-state index contributed by atoms with van der Waals surface area (Å²) in [5, 5.41) is 14.3. The van der Waals surface area contributed by atoms with E-state index < -0.39 is 11.9 Å². The van der Waals surface area contributed by atoms with Crippen molar-refractivity contribution in [1.29, 1.82) is 0 Å². The first-order chi connectivity index (χ1) is 18.9. The molecule has 1 aliphatic carbocycles. The molecule has 5 rings (SSSR count). The number of aromatic nitrogens is 1. The van der Waals surface area contributed by atoms with Crippen molar-refractivity contribution in [2.75, 3.05) is 5.32 Å². The van der Waals surface area contributed by atoms with Crippen LogP contribution in [-0.2, 0) is 16.0 Å². The summed E-state index contributed by atoms with van der Waals surface area (Å²) in [4.78, 5) is 29.6. The number of aliphatic carboxylic acids is 1. The van der Waals surface area contributed by atoms with Crippen molar-refractivity contribution < 1.29 is 14.7 Å². The minimum Gasteiger partial charge on any atom is -0.481 e. The Balaban J connectivity index is 1.34. The van der Waals surface area contributed by atoms with E-state index >= 15 is 0 Å². The number of halogens is 1. The van der Waals surface area contributed by atoms with E-state index in [2.05, 4.69) is 34.6 Å². The van der Waals surface area contributed by atoms with Gasteiger partial charge in [-0.3, -0.25) is 14.6 Å². The summed E-state index contributed by atoms with van der Waals surface area (Å²) in [6.45, 7) is 1.68. The maximum Gasteiger partial charge on any atom is 0.310 e. The lowest BCUT2D eigenvalue weighted by molar-refractivity contribution is -0.138. The maximum absolute atomic E-state index is 13.7. The first kappa shape index (κ1) is 26.9. The molecule has 39 heavy (non-hydrogen) atoms. The largest absolute Gasteiger partial charge is 0.481 e. The lowest BCUT2D eigenvalue weighted by Crippen LogP contribution is -2.33. The van der Waals surface area contributed by atoms with E-state index in [4.69, 9.17) is 11.6 Å². The molecule has 0 bridgehead atoms. The molecule has 200 valence electrons. The summed E-state index contributed by atoms with van der Waals surface area (Å²) in [5.74, 6) is -0.897. The van der Waals surface area contributed by atoms with Crippen LogP contribution in [-0.4, -0.2) is 22.0 Å². The number of carboxylic acid groups (broad SMARTS) is 1. The van der Waals surface area contributed by atoms with Crippen molar-refractivity contribution in [3.05, 3.63) is 107 Å². The molecule has 1 heterocycles. The molecule has 2 N–H and O–H groups in total. The number of pyridine rings is 1. The van der Waals surface area contributed by atoms with Gasteiger partial charge in [-0.1, -0.05) is 54.1 Å². The Morgan fingerprint density at radius 3 is 2.33 bits per heavy atom. The number of hydrogen-bond donors (Lipinski definition) is 2. The van der Waals surface area contributed by atoms with E-state index in [1.54, 1.807) is 19.1 Å². The van der Waals surface area contributed by atoms with Crippen LogP contribution in [0.25, 0.3) is 10.9 Å². The van der Waals surface area contributed by atoms with Crippen LogP contribution < -0.4 is 5.32 Å². The average molecular weight is 541 g/mol. The van der Waals surface area contributed by atoms with Crippen molar-refractivity contribution in [3.63, 3.8) is 0 Å². The van der Waals surface area contributed by atoms with Crippen LogP contribution in [0.1, 0.15) is 61.1 Å².